The molecule has 0 saturated carbocycles. The van der Waals surface area contributed by atoms with Crippen LogP contribution in [0.25, 0.3) is 10.9 Å². The van der Waals surface area contributed by atoms with E-state index in [-0.39, 0.29) is 6.10 Å². The smallest absolute Gasteiger partial charge is 0.147 e. The molecule has 0 fully saturated rings. The average molecular weight is 315 g/mol. The number of methoxy groups -OCH3 is 1. The number of nitrogens with zero attached hydrogens (tertiary/aromatic N) is 2. The lowest BCUT2D eigenvalue weighted by Gasteiger charge is -2.20. The molecule has 0 aliphatic heterocycles. The van der Waals surface area contributed by atoms with Crippen molar-refractivity contribution in [2.75, 3.05) is 13.7 Å². The standard InChI is InChI=1S/C17H15ClN2O2/c1-21-10-17(12-5-7-13(18)8-6-12)22-16-4-2-3-15-14(16)9-19-11-20-15/h2-9,11,17H,10H2,1H3. The molecule has 5 heteroatoms. The Morgan fingerprint density at radius 3 is 2.73 bits per heavy atom. The van der Waals surface area contributed by atoms with Gasteiger partial charge in [-0.05, 0) is 29.8 Å². The summed E-state index contributed by atoms with van der Waals surface area (Å²) in [6.07, 6.45) is 3.05. The molecule has 0 aliphatic carbocycles. The van der Waals surface area contributed by atoms with E-state index in [2.05, 4.69) is 9.97 Å². The van der Waals surface area contributed by atoms with Crippen LogP contribution in [0.3, 0.4) is 0 Å². The Balaban J connectivity index is 1.94. The van der Waals surface area contributed by atoms with E-state index in [1.807, 2.05) is 42.5 Å². The van der Waals surface area contributed by atoms with E-state index in [0.717, 1.165) is 22.2 Å². The fourth-order valence-corrected chi connectivity index (χ4v) is 2.39. The third-order valence-corrected chi connectivity index (χ3v) is 3.59. The maximum absolute atomic E-state index is 6.15. The van der Waals surface area contributed by atoms with E-state index < -0.39 is 0 Å². The van der Waals surface area contributed by atoms with Gasteiger partial charge in [-0.1, -0.05) is 29.8 Å². The van der Waals surface area contributed by atoms with Crippen LogP contribution in [0.2, 0.25) is 5.02 Å². The summed E-state index contributed by atoms with van der Waals surface area (Å²) in [5, 5.41) is 1.57. The summed E-state index contributed by atoms with van der Waals surface area (Å²) in [6, 6.07) is 13.3. The van der Waals surface area contributed by atoms with E-state index in [0.29, 0.717) is 11.6 Å². The Morgan fingerprint density at radius 1 is 1.14 bits per heavy atom. The first-order valence-corrected chi connectivity index (χ1v) is 7.25. The van der Waals surface area contributed by atoms with Crippen LogP contribution in [0, 0.1) is 0 Å². The van der Waals surface area contributed by atoms with Crippen LogP contribution < -0.4 is 4.74 Å². The van der Waals surface area contributed by atoms with Crippen molar-refractivity contribution >= 4 is 22.5 Å². The number of aromatic nitrogens is 2. The number of benzene rings is 2. The monoisotopic (exact) mass is 314 g/mol. The van der Waals surface area contributed by atoms with Crippen molar-refractivity contribution in [2.45, 2.75) is 6.10 Å². The predicted octanol–water partition coefficient (Wildman–Crippen LogP) is 4.05. The van der Waals surface area contributed by atoms with Gasteiger partial charge in [0.2, 0.25) is 0 Å². The number of ether oxygens (including phenoxy) is 2. The zero-order chi connectivity index (χ0) is 15.4. The fourth-order valence-electron chi connectivity index (χ4n) is 2.26. The lowest BCUT2D eigenvalue weighted by Crippen LogP contribution is -2.13. The van der Waals surface area contributed by atoms with Crippen LogP contribution in [0.4, 0.5) is 0 Å². The van der Waals surface area contributed by atoms with E-state index >= 15 is 0 Å². The van der Waals surface area contributed by atoms with Gasteiger partial charge in [-0.15, -0.1) is 0 Å². The molecule has 112 valence electrons. The highest BCUT2D eigenvalue weighted by molar-refractivity contribution is 6.30. The highest BCUT2D eigenvalue weighted by Gasteiger charge is 2.15. The van der Waals surface area contributed by atoms with Crippen molar-refractivity contribution in [2.24, 2.45) is 0 Å². The molecule has 1 atom stereocenters. The van der Waals surface area contributed by atoms with Crippen molar-refractivity contribution in [1.29, 1.82) is 0 Å². The van der Waals surface area contributed by atoms with Crippen LogP contribution in [0.15, 0.2) is 55.0 Å². The number of rotatable bonds is 5. The SMILES string of the molecule is COCC(Oc1cccc2ncncc12)c1ccc(Cl)cc1. The molecule has 2 aromatic carbocycles. The van der Waals surface area contributed by atoms with Gasteiger partial charge in [0.15, 0.2) is 0 Å². The van der Waals surface area contributed by atoms with Crippen LogP contribution in [-0.4, -0.2) is 23.7 Å². The molecule has 3 rings (SSSR count). The van der Waals surface area contributed by atoms with E-state index in [9.17, 15) is 0 Å². The van der Waals surface area contributed by atoms with Crippen LogP contribution in [0.5, 0.6) is 5.75 Å². The molecule has 1 aromatic heterocycles. The maximum Gasteiger partial charge on any atom is 0.147 e. The Hall–Kier alpha value is -2.17. The molecule has 1 unspecified atom stereocenters. The van der Waals surface area contributed by atoms with E-state index in [1.54, 1.807) is 13.3 Å². The zero-order valence-electron chi connectivity index (χ0n) is 12.1. The molecule has 0 aliphatic rings. The Bertz CT molecular complexity index is 757. The highest BCUT2D eigenvalue weighted by atomic mass is 35.5. The molecule has 0 saturated heterocycles. The van der Waals surface area contributed by atoms with Gasteiger partial charge in [0, 0.05) is 18.3 Å². The van der Waals surface area contributed by atoms with Crippen LogP contribution in [0.1, 0.15) is 11.7 Å². The van der Waals surface area contributed by atoms with Crippen LogP contribution >= 0.6 is 11.6 Å². The molecule has 0 N–H and O–H groups in total. The summed E-state index contributed by atoms with van der Waals surface area (Å²) >= 11 is 5.94. The summed E-state index contributed by atoms with van der Waals surface area (Å²) in [5.41, 5.74) is 1.85. The van der Waals surface area contributed by atoms with Gasteiger partial charge >= 0.3 is 0 Å². The quantitative estimate of drug-likeness (QED) is 0.712. The lowest BCUT2D eigenvalue weighted by molar-refractivity contribution is 0.0820. The number of fused-ring (bicyclic) bond motifs is 1. The number of halogens is 1. The van der Waals surface area contributed by atoms with E-state index in [4.69, 9.17) is 21.1 Å². The van der Waals surface area contributed by atoms with Gasteiger partial charge in [0.1, 0.15) is 18.2 Å². The van der Waals surface area contributed by atoms with Gasteiger partial charge < -0.3 is 9.47 Å². The molecule has 0 amide bonds. The summed E-state index contributed by atoms with van der Waals surface area (Å²) in [7, 11) is 1.65. The number of hydrogen-bond donors (Lipinski definition) is 0. The molecule has 22 heavy (non-hydrogen) atoms. The minimum atomic E-state index is -0.229. The maximum atomic E-state index is 6.15. The Morgan fingerprint density at radius 2 is 1.95 bits per heavy atom. The molecule has 4 nitrogen and oxygen atoms in total. The van der Waals surface area contributed by atoms with Crippen molar-refractivity contribution in [3.05, 3.63) is 65.6 Å². The van der Waals surface area contributed by atoms with Gasteiger partial charge in [0.05, 0.1) is 17.5 Å². The third-order valence-electron chi connectivity index (χ3n) is 3.34. The second kappa shape index (κ2) is 6.73. The first-order chi connectivity index (χ1) is 10.8. The van der Waals surface area contributed by atoms with Crippen LogP contribution in [-0.2, 0) is 4.74 Å². The minimum absolute atomic E-state index is 0.229. The second-order valence-electron chi connectivity index (χ2n) is 4.83. The Labute approximate surface area is 133 Å². The second-order valence-corrected chi connectivity index (χ2v) is 5.26. The summed E-state index contributed by atoms with van der Waals surface area (Å²) in [6.45, 7) is 0.436. The van der Waals surface area contributed by atoms with Crippen molar-refractivity contribution in [1.82, 2.24) is 9.97 Å². The summed E-state index contributed by atoms with van der Waals surface area (Å²) < 4.78 is 11.4. The van der Waals surface area contributed by atoms with Crippen molar-refractivity contribution < 1.29 is 9.47 Å². The highest BCUT2D eigenvalue weighted by Crippen LogP contribution is 2.29. The zero-order valence-corrected chi connectivity index (χ0v) is 12.8. The summed E-state index contributed by atoms with van der Waals surface area (Å²) in [5.74, 6) is 0.732. The molecule has 0 spiro atoms. The Kier molecular flexibility index (Phi) is 4.51. The molecular formula is C17H15ClN2O2. The first kappa shape index (κ1) is 14.8. The normalized spacial score (nSPS) is 12.3. The van der Waals surface area contributed by atoms with Crippen molar-refractivity contribution in [3.8, 4) is 5.75 Å². The van der Waals surface area contributed by atoms with Gasteiger partial charge in [0.25, 0.3) is 0 Å². The van der Waals surface area contributed by atoms with E-state index in [1.165, 1.54) is 6.33 Å². The lowest BCUT2D eigenvalue weighted by atomic mass is 10.1. The topological polar surface area (TPSA) is 44.2 Å². The molecule has 0 radical (unpaired) electrons. The van der Waals surface area contributed by atoms with Gasteiger partial charge in [-0.2, -0.15) is 0 Å². The predicted molar refractivity (Wildman–Crippen MR) is 86.2 cm³/mol. The third kappa shape index (κ3) is 3.18. The molecule has 1 heterocycles. The molecule has 3 aromatic rings. The van der Waals surface area contributed by atoms with Crippen molar-refractivity contribution in [3.63, 3.8) is 0 Å². The van der Waals surface area contributed by atoms with Gasteiger partial charge in [-0.25, -0.2) is 9.97 Å². The summed E-state index contributed by atoms with van der Waals surface area (Å²) in [4.78, 5) is 8.31. The fraction of sp³-hybridized carbons (Fsp3) is 0.176. The largest absolute Gasteiger partial charge is 0.483 e. The molecular weight excluding hydrogens is 300 g/mol. The minimum Gasteiger partial charge on any atom is -0.483 e. The van der Waals surface area contributed by atoms with Gasteiger partial charge in [-0.3, -0.25) is 0 Å². The average Bonchev–Trinajstić information content (AvgIpc) is 2.55. The molecule has 0 bridgehead atoms. The first-order valence-electron chi connectivity index (χ1n) is 6.87. The number of hydrogen-bond acceptors (Lipinski definition) is 4.